The van der Waals surface area contributed by atoms with E-state index >= 15 is 0 Å². The SMILES string of the molecule is O=C(NCc1ccc(Cl)cc1)c1nc(-c2ccncc2)cs1. The summed E-state index contributed by atoms with van der Waals surface area (Å²) in [5.74, 6) is -0.180. The van der Waals surface area contributed by atoms with Gasteiger partial charge in [0, 0.05) is 34.9 Å². The summed E-state index contributed by atoms with van der Waals surface area (Å²) in [6.45, 7) is 0.445. The van der Waals surface area contributed by atoms with Crippen molar-refractivity contribution in [1.29, 1.82) is 0 Å². The third kappa shape index (κ3) is 3.50. The van der Waals surface area contributed by atoms with Crippen LogP contribution in [0.4, 0.5) is 0 Å². The van der Waals surface area contributed by atoms with Crippen molar-refractivity contribution in [2.75, 3.05) is 0 Å². The van der Waals surface area contributed by atoms with E-state index < -0.39 is 0 Å². The zero-order chi connectivity index (χ0) is 15.4. The molecule has 2 heterocycles. The van der Waals surface area contributed by atoms with Gasteiger partial charge in [-0.1, -0.05) is 23.7 Å². The van der Waals surface area contributed by atoms with Gasteiger partial charge >= 0.3 is 0 Å². The molecule has 22 heavy (non-hydrogen) atoms. The molecule has 6 heteroatoms. The van der Waals surface area contributed by atoms with Gasteiger partial charge in [0.1, 0.15) is 0 Å². The number of nitrogens with one attached hydrogen (secondary N) is 1. The number of benzene rings is 1. The van der Waals surface area contributed by atoms with Crippen LogP contribution in [0.2, 0.25) is 5.02 Å². The molecule has 1 N–H and O–H groups in total. The number of carbonyl (C=O) groups is 1. The van der Waals surface area contributed by atoms with E-state index in [0.29, 0.717) is 16.6 Å². The van der Waals surface area contributed by atoms with Crippen LogP contribution < -0.4 is 5.32 Å². The maximum absolute atomic E-state index is 12.1. The smallest absolute Gasteiger partial charge is 0.280 e. The second-order valence-electron chi connectivity index (χ2n) is 4.58. The standard InChI is InChI=1S/C16H12ClN3OS/c17-13-3-1-11(2-4-13)9-19-15(21)16-20-14(10-22-16)12-5-7-18-8-6-12/h1-8,10H,9H2,(H,19,21). The van der Waals surface area contributed by atoms with Gasteiger partial charge in [-0.05, 0) is 29.8 Å². The first-order chi connectivity index (χ1) is 10.7. The number of thiazole rings is 1. The van der Waals surface area contributed by atoms with Crippen molar-refractivity contribution in [3.63, 3.8) is 0 Å². The van der Waals surface area contributed by atoms with Crippen LogP contribution >= 0.6 is 22.9 Å². The van der Waals surface area contributed by atoms with Crippen molar-refractivity contribution in [2.45, 2.75) is 6.54 Å². The normalized spacial score (nSPS) is 10.4. The van der Waals surface area contributed by atoms with Crippen LogP contribution in [-0.4, -0.2) is 15.9 Å². The summed E-state index contributed by atoms with van der Waals surface area (Å²) in [7, 11) is 0. The van der Waals surface area contributed by atoms with Crippen LogP contribution in [0, 0.1) is 0 Å². The molecule has 0 saturated heterocycles. The highest BCUT2D eigenvalue weighted by molar-refractivity contribution is 7.12. The zero-order valence-corrected chi connectivity index (χ0v) is 13.1. The molecular weight excluding hydrogens is 318 g/mol. The number of aromatic nitrogens is 2. The minimum Gasteiger partial charge on any atom is -0.346 e. The third-order valence-electron chi connectivity index (χ3n) is 3.04. The third-order valence-corrected chi connectivity index (χ3v) is 4.13. The van der Waals surface area contributed by atoms with Gasteiger partial charge in [0.25, 0.3) is 5.91 Å². The van der Waals surface area contributed by atoms with Crippen LogP contribution in [0.3, 0.4) is 0 Å². The number of pyridine rings is 1. The molecule has 1 aromatic carbocycles. The van der Waals surface area contributed by atoms with E-state index in [4.69, 9.17) is 11.6 Å². The Balaban J connectivity index is 1.66. The molecule has 4 nitrogen and oxygen atoms in total. The molecule has 110 valence electrons. The fourth-order valence-electron chi connectivity index (χ4n) is 1.89. The summed E-state index contributed by atoms with van der Waals surface area (Å²) in [4.78, 5) is 20.5. The van der Waals surface area contributed by atoms with Gasteiger partial charge < -0.3 is 5.32 Å². The molecule has 0 aliphatic rings. The highest BCUT2D eigenvalue weighted by atomic mass is 35.5. The molecule has 0 aliphatic heterocycles. The number of halogens is 1. The Morgan fingerprint density at radius 2 is 1.86 bits per heavy atom. The fraction of sp³-hybridized carbons (Fsp3) is 0.0625. The molecule has 0 radical (unpaired) electrons. The molecule has 0 fully saturated rings. The second kappa shape index (κ2) is 6.68. The van der Waals surface area contributed by atoms with E-state index in [0.717, 1.165) is 16.8 Å². The fourth-order valence-corrected chi connectivity index (χ4v) is 2.76. The van der Waals surface area contributed by atoms with Gasteiger partial charge in [0.2, 0.25) is 0 Å². The predicted molar refractivity (Wildman–Crippen MR) is 88.0 cm³/mol. The van der Waals surface area contributed by atoms with Gasteiger partial charge in [0.15, 0.2) is 5.01 Å². The van der Waals surface area contributed by atoms with Crippen LogP contribution in [0.25, 0.3) is 11.3 Å². The number of nitrogens with zero attached hydrogens (tertiary/aromatic N) is 2. The van der Waals surface area contributed by atoms with Crippen molar-refractivity contribution in [2.24, 2.45) is 0 Å². The Morgan fingerprint density at radius 3 is 2.59 bits per heavy atom. The van der Waals surface area contributed by atoms with E-state index in [1.807, 2.05) is 29.6 Å². The van der Waals surface area contributed by atoms with E-state index in [-0.39, 0.29) is 5.91 Å². The van der Waals surface area contributed by atoms with Crippen LogP contribution in [0.1, 0.15) is 15.4 Å². The minimum atomic E-state index is -0.180. The Morgan fingerprint density at radius 1 is 1.14 bits per heavy atom. The van der Waals surface area contributed by atoms with Gasteiger partial charge in [-0.25, -0.2) is 4.98 Å². The molecule has 0 aliphatic carbocycles. The molecule has 2 aromatic heterocycles. The van der Waals surface area contributed by atoms with Gasteiger partial charge in [-0.2, -0.15) is 0 Å². The highest BCUT2D eigenvalue weighted by Crippen LogP contribution is 2.21. The molecular formula is C16H12ClN3OS. The van der Waals surface area contributed by atoms with E-state index in [1.54, 1.807) is 24.5 Å². The summed E-state index contributed by atoms with van der Waals surface area (Å²) in [5, 5.41) is 5.84. The maximum atomic E-state index is 12.1. The first-order valence-corrected chi connectivity index (χ1v) is 7.87. The number of carbonyl (C=O) groups excluding carboxylic acids is 1. The Kier molecular flexibility index (Phi) is 4.46. The largest absolute Gasteiger partial charge is 0.346 e. The number of hydrogen-bond donors (Lipinski definition) is 1. The monoisotopic (exact) mass is 329 g/mol. The van der Waals surface area contributed by atoms with Crippen LogP contribution in [0.15, 0.2) is 54.2 Å². The van der Waals surface area contributed by atoms with Crippen molar-refractivity contribution < 1.29 is 4.79 Å². The Hall–Kier alpha value is -2.24. The number of hydrogen-bond acceptors (Lipinski definition) is 4. The zero-order valence-electron chi connectivity index (χ0n) is 11.5. The summed E-state index contributed by atoms with van der Waals surface area (Å²) in [6, 6.07) is 11.1. The van der Waals surface area contributed by atoms with Crippen molar-refractivity contribution in [3.05, 3.63) is 69.8 Å². The summed E-state index contributed by atoms with van der Waals surface area (Å²) < 4.78 is 0. The predicted octanol–water partition coefficient (Wildman–Crippen LogP) is 3.79. The first-order valence-electron chi connectivity index (χ1n) is 6.61. The lowest BCUT2D eigenvalue weighted by molar-refractivity contribution is 0.0950. The van der Waals surface area contributed by atoms with Crippen molar-refractivity contribution >= 4 is 28.8 Å². The number of amides is 1. The summed E-state index contributed by atoms with van der Waals surface area (Å²) in [5.41, 5.74) is 2.72. The van der Waals surface area contributed by atoms with Gasteiger partial charge in [0.05, 0.1) is 5.69 Å². The maximum Gasteiger partial charge on any atom is 0.280 e. The molecule has 3 rings (SSSR count). The summed E-state index contributed by atoms with van der Waals surface area (Å²) in [6.07, 6.45) is 3.41. The first kappa shape index (κ1) is 14.7. The average Bonchev–Trinajstić information content (AvgIpc) is 3.05. The minimum absolute atomic E-state index is 0.180. The van der Waals surface area contributed by atoms with E-state index in [1.165, 1.54) is 11.3 Å². The van der Waals surface area contributed by atoms with Crippen LogP contribution in [-0.2, 0) is 6.54 Å². The molecule has 0 unspecified atom stereocenters. The molecule has 0 bridgehead atoms. The Labute approximate surface area is 136 Å². The molecule has 0 spiro atoms. The van der Waals surface area contributed by atoms with E-state index in [9.17, 15) is 4.79 Å². The quantitative estimate of drug-likeness (QED) is 0.792. The Bertz CT molecular complexity index is 772. The lowest BCUT2D eigenvalue weighted by Crippen LogP contribution is -2.22. The molecule has 0 saturated carbocycles. The van der Waals surface area contributed by atoms with E-state index in [2.05, 4.69) is 15.3 Å². The van der Waals surface area contributed by atoms with Crippen LogP contribution in [0.5, 0.6) is 0 Å². The lowest BCUT2D eigenvalue weighted by atomic mass is 10.2. The molecule has 1 amide bonds. The highest BCUT2D eigenvalue weighted by Gasteiger charge is 2.11. The van der Waals surface area contributed by atoms with Gasteiger partial charge in [-0.15, -0.1) is 11.3 Å². The number of rotatable bonds is 4. The van der Waals surface area contributed by atoms with Gasteiger partial charge in [-0.3, -0.25) is 9.78 Å². The lowest BCUT2D eigenvalue weighted by Gasteiger charge is -2.03. The van der Waals surface area contributed by atoms with Crippen molar-refractivity contribution in [1.82, 2.24) is 15.3 Å². The summed E-state index contributed by atoms with van der Waals surface area (Å²) >= 11 is 7.16. The molecule has 3 aromatic rings. The molecule has 0 atom stereocenters. The topological polar surface area (TPSA) is 54.9 Å². The average molecular weight is 330 g/mol. The van der Waals surface area contributed by atoms with Crippen molar-refractivity contribution in [3.8, 4) is 11.3 Å². The second-order valence-corrected chi connectivity index (χ2v) is 5.88.